The highest BCUT2D eigenvalue weighted by atomic mass is 16.2. The first kappa shape index (κ1) is 13.0. The Kier molecular flexibility index (Phi) is 5.02. The molecule has 1 amide bonds. The number of likely N-dealkylation sites (N-methyl/N-ethyl adjacent to an activating group) is 1. The Labute approximate surface area is 102 Å². The number of rotatable bonds is 5. The van der Waals surface area contributed by atoms with E-state index in [9.17, 15) is 4.79 Å². The van der Waals surface area contributed by atoms with Crippen molar-refractivity contribution in [2.75, 3.05) is 25.0 Å². The molecule has 0 atom stereocenters. The fourth-order valence-electron chi connectivity index (χ4n) is 1.42. The molecule has 0 heterocycles. The van der Waals surface area contributed by atoms with Crippen LogP contribution in [0.5, 0.6) is 0 Å². The summed E-state index contributed by atoms with van der Waals surface area (Å²) in [5, 5.41) is 11.5. The minimum Gasteiger partial charge on any atom is -0.365 e. The van der Waals surface area contributed by atoms with Gasteiger partial charge in [-0.15, -0.1) is 0 Å². The third kappa shape index (κ3) is 4.15. The summed E-state index contributed by atoms with van der Waals surface area (Å²) in [5.41, 5.74) is 1.55. The molecule has 1 aromatic rings. The van der Waals surface area contributed by atoms with E-state index in [0.29, 0.717) is 18.7 Å². The molecule has 4 nitrogen and oxygen atoms in total. The standard InChI is InChI=1S/C13H17N3O/c1-3-8-15-13(17)10-16(2)12-6-4-11(9-14)5-7-12/h4-7H,3,8,10H2,1-2H3,(H,15,17). The smallest absolute Gasteiger partial charge is 0.239 e. The number of anilines is 1. The highest BCUT2D eigenvalue weighted by Gasteiger charge is 2.06. The van der Waals surface area contributed by atoms with Crippen LogP contribution >= 0.6 is 0 Å². The van der Waals surface area contributed by atoms with E-state index in [-0.39, 0.29) is 5.91 Å². The van der Waals surface area contributed by atoms with Crippen molar-refractivity contribution in [3.63, 3.8) is 0 Å². The van der Waals surface area contributed by atoms with Crippen molar-refractivity contribution in [1.82, 2.24) is 5.32 Å². The molecule has 17 heavy (non-hydrogen) atoms. The van der Waals surface area contributed by atoms with Crippen LogP contribution in [0.1, 0.15) is 18.9 Å². The average Bonchev–Trinajstić information content (AvgIpc) is 2.36. The lowest BCUT2D eigenvalue weighted by Crippen LogP contribution is -2.35. The molecule has 4 heteroatoms. The molecule has 0 fully saturated rings. The molecular formula is C13H17N3O. The molecule has 0 unspecified atom stereocenters. The Morgan fingerprint density at radius 3 is 2.59 bits per heavy atom. The second kappa shape index (κ2) is 6.54. The van der Waals surface area contributed by atoms with E-state index in [2.05, 4.69) is 11.4 Å². The summed E-state index contributed by atoms with van der Waals surface area (Å²) in [6, 6.07) is 9.23. The van der Waals surface area contributed by atoms with Gasteiger partial charge in [0, 0.05) is 19.3 Å². The summed E-state index contributed by atoms with van der Waals surface area (Å²) in [6.45, 7) is 3.05. The minimum atomic E-state index is 0.0127. The van der Waals surface area contributed by atoms with E-state index in [0.717, 1.165) is 12.1 Å². The van der Waals surface area contributed by atoms with Gasteiger partial charge in [-0.3, -0.25) is 4.79 Å². The molecule has 0 spiro atoms. The molecule has 0 aliphatic heterocycles. The van der Waals surface area contributed by atoms with Gasteiger partial charge < -0.3 is 10.2 Å². The van der Waals surface area contributed by atoms with Crippen molar-refractivity contribution in [3.05, 3.63) is 29.8 Å². The SMILES string of the molecule is CCCNC(=O)CN(C)c1ccc(C#N)cc1. The predicted octanol–water partition coefficient (Wildman–Crippen LogP) is 1.52. The van der Waals surface area contributed by atoms with Gasteiger partial charge in [0.25, 0.3) is 0 Å². The van der Waals surface area contributed by atoms with Gasteiger partial charge in [0.1, 0.15) is 0 Å². The van der Waals surface area contributed by atoms with Gasteiger partial charge in [-0.25, -0.2) is 0 Å². The molecule has 0 saturated carbocycles. The third-order valence-electron chi connectivity index (χ3n) is 2.39. The molecule has 0 aliphatic rings. The first-order valence-electron chi connectivity index (χ1n) is 5.65. The highest BCUT2D eigenvalue weighted by Crippen LogP contribution is 2.12. The Hall–Kier alpha value is -2.02. The normalized spacial score (nSPS) is 9.47. The number of hydrogen-bond donors (Lipinski definition) is 1. The van der Waals surface area contributed by atoms with Gasteiger partial charge >= 0.3 is 0 Å². The zero-order valence-corrected chi connectivity index (χ0v) is 10.2. The quantitative estimate of drug-likeness (QED) is 0.836. The molecule has 0 bridgehead atoms. The van der Waals surface area contributed by atoms with Crippen molar-refractivity contribution in [3.8, 4) is 6.07 Å². The van der Waals surface area contributed by atoms with Gasteiger partial charge in [-0.2, -0.15) is 5.26 Å². The predicted molar refractivity (Wildman–Crippen MR) is 67.7 cm³/mol. The van der Waals surface area contributed by atoms with E-state index in [4.69, 9.17) is 5.26 Å². The van der Waals surface area contributed by atoms with Crippen molar-refractivity contribution < 1.29 is 4.79 Å². The Balaban J connectivity index is 2.54. The van der Waals surface area contributed by atoms with Crippen LogP contribution in [0.2, 0.25) is 0 Å². The maximum Gasteiger partial charge on any atom is 0.239 e. The largest absolute Gasteiger partial charge is 0.365 e. The van der Waals surface area contributed by atoms with Crippen molar-refractivity contribution in [1.29, 1.82) is 5.26 Å². The molecule has 0 aliphatic carbocycles. The minimum absolute atomic E-state index is 0.0127. The lowest BCUT2D eigenvalue weighted by atomic mass is 10.2. The zero-order chi connectivity index (χ0) is 12.7. The summed E-state index contributed by atoms with van der Waals surface area (Å²) < 4.78 is 0. The number of nitrogens with one attached hydrogen (secondary N) is 1. The van der Waals surface area contributed by atoms with Gasteiger partial charge in [0.2, 0.25) is 5.91 Å². The number of nitrogens with zero attached hydrogens (tertiary/aromatic N) is 2. The number of amides is 1. The van der Waals surface area contributed by atoms with Crippen LogP contribution in [-0.2, 0) is 4.79 Å². The fourth-order valence-corrected chi connectivity index (χ4v) is 1.42. The Bertz CT molecular complexity index is 406. The molecular weight excluding hydrogens is 214 g/mol. The lowest BCUT2D eigenvalue weighted by molar-refractivity contribution is -0.119. The van der Waals surface area contributed by atoms with Crippen LogP contribution in [0.25, 0.3) is 0 Å². The lowest BCUT2D eigenvalue weighted by Gasteiger charge is -2.18. The van der Waals surface area contributed by atoms with E-state index < -0.39 is 0 Å². The second-order valence-electron chi connectivity index (χ2n) is 3.86. The topological polar surface area (TPSA) is 56.1 Å². The van der Waals surface area contributed by atoms with Crippen molar-refractivity contribution in [2.45, 2.75) is 13.3 Å². The summed E-state index contributed by atoms with van der Waals surface area (Å²) >= 11 is 0. The number of carbonyl (C=O) groups is 1. The highest BCUT2D eigenvalue weighted by molar-refractivity contribution is 5.81. The first-order chi connectivity index (χ1) is 8.17. The van der Waals surface area contributed by atoms with Crippen LogP contribution in [-0.4, -0.2) is 26.0 Å². The Morgan fingerprint density at radius 2 is 2.06 bits per heavy atom. The number of hydrogen-bond acceptors (Lipinski definition) is 3. The molecule has 90 valence electrons. The van der Waals surface area contributed by atoms with E-state index in [1.807, 2.05) is 31.0 Å². The number of benzene rings is 1. The van der Waals surface area contributed by atoms with Gasteiger partial charge in [-0.05, 0) is 30.7 Å². The summed E-state index contributed by atoms with van der Waals surface area (Å²) in [7, 11) is 1.85. The zero-order valence-electron chi connectivity index (χ0n) is 10.2. The maximum absolute atomic E-state index is 11.5. The summed E-state index contributed by atoms with van der Waals surface area (Å²) in [4.78, 5) is 13.4. The summed E-state index contributed by atoms with van der Waals surface area (Å²) in [5.74, 6) is 0.0127. The monoisotopic (exact) mass is 231 g/mol. The molecule has 1 rings (SSSR count). The van der Waals surface area contributed by atoms with Crippen LogP contribution in [0.3, 0.4) is 0 Å². The molecule has 1 N–H and O–H groups in total. The molecule has 1 aromatic carbocycles. The van der Waals surface area contributed by atoms with Crippen LogP contribution in [0.4, 0.5) is 5.69 Å². The van der Waals surface area contributed by atoms with Crippen molar-refractivity contribution in [2.24, 2.45) is 0 Å². The second-order valence-corrected chi connectivity index (χ2v) is 3.86. The van der Waals surface area contributed by atoms with Crippen molar-refractivity contribution >= 4 is 11.6 Å². The van der Waals surface area contributed by atoms with E-state index in [1.165, 1.54) is 0 Å². The number of nitriles is 1. The van der Waals surface area contributed by atoms with Crippen LogP contribution < -0.4 is 10.2 Å². The fraction of sp³-hybridized carbons (Fsp3) is 0.385. The van der Waals surface area contributed by atoms with E-state index >= 15 is 0 Å². The van der Waals surface area contributed by atoms with E-state index in [1.54, 1.807) is 12.1 Å². The van der Waals surface area contributed by atoms with Gasteiger partial charge in [-0.1, -0.05) is 6.92 Å². The van der Waals surface area contributed by atoms with Crippen LogP contribution in [0, 0.1) is 11.3 Å². The molecule has 0 saturated heterocycles. The first-order valence-corrected chi connectivity index (χ1v) is 5.65. The average molecular weight is 231 g/mol. The van der Waals surface area contributed by atoms with Gasteiger partial charge in [0.15, 0.2) is 0 Å². The Morgan fingerprint density at radius 1 is 1.41 bits per heavy atom. The summed E-state index contributed by atoms with van der Waals surface area (Å²) in [6.07, 6.45) is 0.937. The molecule has 0 aromatic heterocycles. The third-order valence-corrected chi connectivity index (χ3v) is 2.39. The van der Waals surface area contributed by atoms with Gasteiger partial charge in [0.05, 0.1) is 18.2 Å². The number of carbonyl (C=O) groups excluding carboxylic acids is 1. The maximum atomic E-state index is 11.5. The molecule has 0 radical (unpaired) electrons. The van der Waals surface area contributed by atoms with Crippen LogP contribution in [0.15, 0.2) is 24.3 Å².